The van der Waals surface area contributed by atoms with Crippen molar-refractivity contribution < 1.29 is 32.3 Å². The molecule has 0 radical (unpaired) electrons. The molecule has 2 rings (SSSR count). The molecule has 2 atom stereocenters. The highest BCUT2D eigenvalue weighted by atomic mass is 32.2. The Bertz CT molecular complexity index is 965. The summed E-state index contributed by atoms with van der Waals surface area (Å²) in [6.07, 6.45) is 0.316. The Labute approximate surface area is 180 Å². The molecule has 1 fully saturated rings. The van der Waals surface area contributed by atoms with Crippen molar-refractivity contribution in [3.63, 3.8) is 0 Å². The van der Waals surface area contributed by atoms with Crippen LogP contribution in [0.4, 0.5) is 4.79 Å². The number of imide groups is 1. The molecule has 31 heavy (non-hydrogen) atoms. The van der Waals surface area contributed by atoms with Gasteiger partial charge in [0.25, 0.3) is 11.8 Å². The van der Waals surface area contributed by atoms with Gasteiger partial charge in [-0.15, -0.1) is 0 Å². The van der Waals surface area contributed by atoms with E-state index in [0.717, 1.165) is 0 Å². The summed E-state index contributed by atoms with van der Waals surface area (Å²) in [6, 6.07) is 5.44. The first kappa shape index (κ1) is 24.3. The van der Waals surface area contributed by atoms with Crippen LogP contribution >= 0.6 is 0 Å². The third-order valence-corrected chi connectivity index (χ3v) is 6.26. The average Bonchev–Trinajstić information content (AvgIpc) is 2.94. The van der Waals surface area contributed by atoms with Crippen molar-refractivity contribution in [3.8, 4) is 0 Å². The number of carbonyl (C=O) groups excluding carboxylic acids is 4. The van der Waals surface area contributed by atoms with Crippen molar-refractivity contribution in [2.24, 2.45) is 5.92 Å². The van der Waals surface area contributed by atoms with Gasteiger partial charge in [0.2, 0.25) is 10.0 Å². The monoisotopic (exact) mass is 454 g/mol. The Morgan fingerprint density at radius 3 is 2.32 bits per heavy atom. The van der Waals surface area contributed by atoms with E-state index in [1.165, 1.54) is 19.1 Å². The molecule has 4 amide bonds. The van der Waals surface area contributed by atoms with Crippen molar-refractivity contribution in [3.05, 3.63) is 30.3 Å². The van der Waals surface area contributed by atoms with Crippen molar-refractivity contribution in [2.75, 3.05) is 6.61 Å². The first-order valence-corrected chi connectivity index (χ1v) is 11.1. The van der Waals surface area contributed by atoms with Crippen molar-refractivity contribution >= 4 is 33.8 Å². The largest absolute Gasteiger partial charge is 0.454 e. The zero-order valence-corrected chi connectivity index (χ0v) is 18.5. The van der Waals surface area contributed by atoms with E-state index in [0.29, 0.717) is 11.4 Å². The highest BCUT2D eigenvalue weighted by Gasteiger charge is 2.47. The molecule has 1 aromatic carbocycles. The molecule has 1 aromatic rings. The molecule has 1 aliphatic heterocycles. The Hall–Kier alpha value is -2.99. The average molecular weight is 455 g/mol. The van der Waals surface area contributed by atoms with Crippen LogP contribution in [-0.2, 0) is 29.1 Å². The number of carbonyl (C=O) groups is 4. The summed E-state index contributed by atoms with van der Waals surface area (Å²) in [4.78, 5) is 48.7. The van der Waals surface area contributed by atoms with Gasteiger partial charge in [-0.05, 0) is 31.4 Å². The number of nitrogens with one attached hydrogen (secondary N) is 3. The van der Waals surface area contributed by atoms with E-state index in [9.17, 15) is 27.6 Å². The van der Waals surface area contributed by atoms with Crippen LogP contribution in [0.3, 0.4) is 0 Å². The Balaban J connectivity index is 1.98. The van der Waals surface area contributed by atoms with Crippen LogP contribution in [0.2, 0.25) is 0 Å². The van der Waals surface area contributed by atoms with Gasteiger partial charge in [0, 0.05) is 0 Å². The Kier molecular flexibility index (Phi) is 7.39. The summed E-state index contributed by atoms with van der Waals surface area (Å²) in [6.45, 7) is 5.63. The number of hydrazine groups is 1. The number of nitrogens with zero attached hydrogens (tertiary/aromatic N) is 1. The molecule has 1 unspecified atom stereocenters. The van der Waals surface area contributed by atoms with Crippen molar-refractivity contribution in [2.45, 2.75) is 50.6 Å². The number of esters is 1. The molecule has 0 aromatic heterocycles. The first-order chi connectivity index (χ1) is 14.4. The number of ether oxygens (including phenoxy) is 1. The standard InChI is InChI=1S/C19H26N4O7S/c1-5-19(4)17(26)23(18(27)20-19)21-14(24)11-30-16(25)15(12(2)3)22-31(28,29)13-9-7-6-8-10-13/h6-10,12,15,22H,5,11H2,1-4H3,(H,20,27)(H,21,24)/t15-,19?/m0/s1. The fourth-order valence-electron chi connectivity index (χ4n) is 2.70. The number of amides is 4. The lowest BCUT2D eigenvalue weighted by Gasteiger charge is -2.21. The number of hydrogen-bond acceptors (Lipinski definition) is 7. The van der Waals surface area contributed by atoms with Crippen LogP contribution in [-0.4, -0.2) is 55.4 Å². The highest BCUT2D eigenvalue weighted by molar-refractivity contribution is 7.89. The maximum atomic E-state index is 12.5. The lowest BCUT2D eigenvalue weighted by Crippen LogP contribution is -2.50. The van der Waals surface area contributed by atoms with Gasteiger partial charge in [0.15, 0.2) is 6.61 Å². The van der Waals surface area contributed by atoms with E-state index in [2.05, 4.69) is 15.5 Å². The molecule has 1 heterocycles. The summed E-state index contributed by atoms with van der Waals surface area (Å²) >= 11 is 0. The zero-order chi connectivity index (χ0) is 23.4. The SMILES string of the molecule is CCC1(C)NC(=O)N(NC(=O)COC(=O)[C@@H](NS(=O)(=O)c2ccccc2)C(C)C)C1=O. The molecule has 3 N–H and O–H groups in total. The summed E-state index contributed by atoms with van der Waals surface area (Å²) < 4.78 is 32.2. The smallest absolute Gasteiger partial charge is 0.344 e. The topological polar surface area (TPSA) is 151 Å². The van der Waals surface area contributed by atoms with Crippen LogP contribution in [0, 0.1) is 5.92 Å². The summed E-state index contributed by atoms with van der Waals surface area (Å²) in [5.41, 5.74) is 0.943. The number of sulfonamides is 1. The van der Waals surface area contributed by atoms with Crippen LogP contribution in [0.25, 0.3) is 0 Å². The van der Waals surface area contributed by atoms with Gasteiger partial charge in [0.1, 0.15) is 11.6 Å². The minimum atomic E-state index is -3.99. The molecular formula is C19H26N4O7S. The van der Waals surface area contributed by atoms with Crippen LogP contribution < -0.4 is 15.5 Å². The fraction of sp³-hybridized carbons (Fsp3) is 0.474. The molecule has 0 spiro atoms. The Morgan fingerprint density at radius 1 is 1.19 bits per heavy atom. The second-order valence-electron chi connectivity index (χ2n) is 7.56. The minimum Gasteiger partial charge on any atom is -0.454 e. The fourth-order valence-corrected chi connectivity index (χ4v) is 4.05. The second kappa shape index (κ2) is 9.43. The predicted octanol–water partition coefficient (Wildman–Crippen LogP) is 0.284. The zero-order valence-electron chi connectivity index (χ0n) is 17.7. The molecule has 0 bridgehead atoms. The van der Waals surface area contributed by atoms with Gasteiger partial charge in [0.05, 0.1) is 4.90 Å². The number of hydrogen-bond donors (Lipinski definition) is 3. The van der Waals surface area contributed by atoms with Crippen LogP contribution in [0.5, 0.6) is 0 Å². The van der Waals surface area contributed by atoms with Gasteiger partial charge in [-0.25, -0.2) is 13.2 Å². The third-order valence-electron chi connectivity index (χ3n) is 4.81. The molecule has 1 saturated heterocycles. The molecule has 11 nitrogen and oxygen atoms in total. The summed E-state index contributed by atoms with van der Waals surface area (Å²) in [5, 5.41) is 2.99. The van der Waals surface area contributed by atoms with Gasteiger partial charge >= 0.3 is 12.0 Å². The predicted molar refractivity (Wildman–Crippen MR) is 109 cm³/mol. The van der Waals surface area contributed by atoms with E-state index in [4.69, 9.17) is 4.74 Å². The lowest BCUT2D eigenvalue weighted by molar-refractivity contribution is -0.152. The quantitative estimate of drug-likeness (QED) is 0.358. The van der Waals surface area contributed by atoms with Crippen LogP contribution in [0.1, 0.15) is 34.1 Å². The molecule has 0 aliphatic carbocycles. The lowest BCUT2D eigenvalue weighted by atomic mass is 10.00. The normalized spacial score (nSPS) is 19.8. The molecule has 12 heteroatoms. The maximum absolute atomic E-state index is 12.5. The van der Waals surface area contributed by atoms with Gasteiger partial charge < -0.3 is 10.1 Å². The summed E-state index contributed by atoms with van der Waals surface area (Å²) in [5.74, 6) is -3.02. The van der Waals surface area contributed by atoms with Gasteiger partial charge in [-0.2, -0.15) is 9.73 Å². The molecule has 1 aliphatic rings. The van der Waals surface area contributed by atoms with Crippen LogP contribution in [0.15, 0.2) is 35.2 Å². The highest BCUT2D eigenvalue weighted by Crippen LogP contribution is 2.19. The minimum absolute atomic E-state index is 0.0243. The van der Waals surface area contributed by atoms with E-state index < -0.39 is 57.9 Å². The van der Waals surface area contributed by atoms with Gasteiger partial charge in [-0.1, -0.05) is 39.0 Å². The number of rotatable bonds is 9. The van der Waals surface area contributed by atoms with Gasteiger partial charge in [-0.3, -0.25) is 19.8 Å². The van der Waals surface area contributed by atoms with E-state index >= 15 is 0 Å². The maximum Gasteiger partial charge on any atom is 0.344 e. The molecule has 0 saturated carbocycles. The van der Waals surface area contributed by atoms with E-state index in [1.807, 2.05) is 0 Å². The van der Waals surface area contributed by atoms with Crippen molar-refractivity contribution in [1.29, 1.82) is 0 Å². The number of benzene rings is 1. The van der Waals surface area contributed by atoms with Crippen molar-refractivity contribution in [1.82, 2.24) is 20.5 Å². The Morgan fingerprint density at radius 2 is 1.81 bits per heavy atom. The second-order valence-corrected chi connectivity index (χ2v) is 9.27. The van der Waals surface area contributed by atoms with E-state index in [-0.39, 0.29) is 4.90 Å². The third kappa shape index (κ3) is 5.58. The van der Waals surface area contributed by atoms with E-state index in [1.54, 1.807) is 39.0 Å². The summed E-state index contributed by atoms with van der Waals surface area (Å²) in [7, 11) is -3.99. The number of urea groups is 1. The molecular weight excluding hydrogens is 428 g/mol. The molecule has 170 valence electrons. The first-order valence-electron chi connectivity index (χ1n) is 9.61.